The van der Waals surface area contributed by atoms with Crippen molar-refractivity contribution in [2.75, 3.05) is 6.54 Å². The number of nitrogens with two attached hydrogens (primary N) is 2. The Kier molecular flexibility index (Phi) is 7.28. The molecule has 8 N–H and O–H groups in total. The fourth-order valence-corrected chi connectivity index (χ4v) is 4.25. The maximum Gasteiger partial charge on any atom is 0.339 e. The highest BCUT2D eigenvalue weighted by Crippen LogP contribution is 2.09. The van der Waals surface area contributed by atoms with E-state index in [-0.39, 0.29) is 16.4 Å². The third-order valence-corrected chi connectivity index (χ3v) is 6.22. The molecule has 0 aliphatic heterocycles. The number of hydrogen-bond acceptors (Lipinski definition) is 5. The Bertz CT molecular complexity index is 1410. The first-order valence-electron chi connectivity index (χ1n) is 9.92. The fourth-order valence-electron chi connectivity index (χ4n) is 3.04. The van der Waals surface area contributed by atoms with E-state index >= 15 is 0 Å². The summed E-state index contributed by atoms with van der Waals surface area (Å²) in [6, 6.07) is 11.5. The molecule has 13 heteroatoms. The van der Waals surface area contributed by atoms with Gasteiger partial charge in [0, 0.05) is 35.5 Å². The summed E-state index contributed by atoms with van der Waals surface area (Å²) >= 11 is 0. The molecule has 2 heterocycles. The molecule has 0 bridgehead atoms. The summed E-state index contributed by atoms with van der Waals surface area (Å²) in [6.07, 6.45) is 1.56. The van der Waals surface area contributed by atoms with E-state index in [1.807, 2.05) is 4.72 Å². The predicted molar refractivity (Wildman–Crippen MR) is 122 cm³/mol. The number of nitrogens with zero attached hydrogens (tertiary/aromatic N) is 1. The number of carbonyl (C=O) groups excluding carboxylic acids is 1. The summed E-state index contributed by atoms with van der Waals surface area (Å²) in [4.78, 5) is 39.3. The standard InChI is InChI=1S/C21H22N6O6S/c22-21(23)25-10-13-6-7-15-8-14(9-18(28)27(15)12-13)19(29)24-11-17(20(30)31)26-34(32,33)16-4-2-1-3-5-16/h1-9,12,17,26H,10-11H2,(H,24,29)(H,30,31)(H4,22,23,25)/p+1/t17-/m0/s1. The van der Waals surface area contributed by atoms with Crippen LogP contribution in [0.1, 0.15) is 15.9 Å². The molecule has 1 atom stereocenters. The van der Waals surface area contributed by atoms with Crippen molar-refractivity contribution in [3.63, 3.8) is 0 Å². The summed E-state index contributed by atoms with van der Waals surface area (Å²) < 4.78 is 28.2. The Morgan fingerprint density at radius 2 is 1.79 bits per heavy atom. The highest BCUT2D eigenvalue weighted by atomic mass is 32.2. The summed E-state index contributed by atoms with van der Waals surface area (Å²) in [5, 5.41) is 11.8. The van der Waals surface area contributed by atoms with E-state index in [0.29, 0.717) is 12.1 Å². The maximum absolute atomic E-state index is 12.6. The van der Waals surface area contributed by atoms with Crippen LogP contribution < -0.4 is 32.1 Å². The van der Waals surface area contributed by atoms with E-state index < -0.39 is 40.0 Å². The van der Waals surface area contributed by atoms with Crippen molar-refractivity contribution in [3.05, 3.63) is 82.3 Å². The number of benzene rings is 1. The van der Waals surface area contributed by atoms with Gasteiger partial charge in [-0.25, -0.2) is 8.42 Å². The number of hydrogen-bond donors (Lipinski definition) is 6. The number of sulfonamides is 1. The van der Waals surface area contributed by atoms with Gasteiger partial charge < -0.3 is 10.4 Å². The lowest BCUT2D eigenvalue weighted by Gasteiger charge is -2.16. The average Bonchev–Trinajstić information content (AvgIpc) is 2.80. The maximum atomic E-state index is 12.6. The minimum Gasteiger partial charge on any atom is -0.480 e. The summed E-state index contributed by atoms with van der Waals surface area (Å²) in [7, 11) is -4.12. The first-order chi connectivity index (χ1) is 16.1. The lowest BCUT2D eigenvalue weighted by Crippen LogP contribution is -2.76. The molecule has 0 radical (unpaired) electrons. The topological polar surface area (TPSA) is 200 Å². The smallest absolute Gasteiger partial charge is 0.339 e. The van der Waals surface area contributed by atoms with Gasteiger partial charge in [0.25, 0.3) is 11.5 Å². The van der Waals surface area contributed by atoms with E-state index in [0.717, 1.165) is 11.6 Å². The zero-order valence-electron chi connectivity index (χ0n) is 17.8. The molecule has 34 heavy (non-hydrogen) atoms. The van der Waals surface area contributed by atoms with Gasteiger partial charge in [-0.1, -0.05) is 24.3 Å². The van der Waals surface area contributed by atoms with E-state index in [2.05, 4.69) is 10.3 Å². The molecule has 1 amide bonds. The molecular formula is C21H23N6O6S+. The number of guanidine groups is 1. The van der Waals surface area contributed by atoms with Gasteiger partial charge in [-0.3, -0.25) is 35.2 Å². The molecule has 0 unspecified atom stereocenters. The van der Waals surface area contributed by atoms with Crippen molar-refractivity contribution in [1.82, 2.24) is 14.4 Å². The van der Waals surface area contributed by atoms with Crippen LogP contribution in [0.2, 0.25) is 0 Å². The predicted octanol–water partition coefficient (Wildman–Crippen LogP) is -2.68. The molecule has 0 aliphatic carbocycles. The molecule has 178 valence electrons. The van der Waals surface area contributed by atoms with Crippen molar-refractivity contribution < 1.29 is 28.1 Å². The molecule has 0 saturated heterocycles. The average molecular weight is 488 g/mol. The van der Waals surface area contributed by atoms with Gasteiger partial charge in [0.15, 0.2) is 0 Å². The molecule has 3 aromatic rings. The first-order valence-corrected chi connectivity index (χ1v) is 11.4. The van der Waals surface area contributed by atoms with Gasteiger partial charge in [-0.15, -0.1) is 0 Å². The van der Waals surface area contributed by atoms with Crippen LogP contribution in [0, 0.1) is 0 Å². The number of fused-ring (bicyclic) bond motifs is 1. The Morgan fingerprint density at radius 3 is 2.44 bits per heavy atom. The third kappa shape index (κ3) is 5.96. The van der Waals surface area contributed by atoms with E-state index in [1.165, 1.54) is 34.7 Å². The van der Waals surface area contributed by atoms with Gasteiger partial charge in [-0.05, 0) is 24.3 Å². The van der Waals surface area contributed by atoms with Crippen LogP contribution in [0.15, 0.2) is 70.5 Å². The van der Waals surface area contributed by atoms with Crippen LogP contribution in [0.5, 0.6) is 0 Å². The van der Waals surface area contributed by atoms with Gasteiger partial charge in [0.1, 0.15) is 6.04 Å². The number of pyridine rings is 2. The summed E-state index contributed by atoms with van der Waals surface area (Å²) in [5.41, 5.74) is 11.4. The number of nitrogens with one attached hydrogen (secondary N) is 3. The molecule has 0 fully saturated rings. The Hall–Kier alpha value is -4.23. The number of carbonyl (C=O) groups is 2. The van der Waals surface area contributed by atoms with Crippen molar-refractivity contribution in [2.45, 2.75) is 17.5 Å². The van der Waals surface area contributed by atoms with Crippen LogP contribution in [-0.2, 0) is 21.4 Å². The molecule has 1 aromatic carbocycles. The summed E-state index contributed by atoms with van der Waals surface area (Å²) in [6.45, 7) is -0.246. The van der Waals surface area contributed by atoms with Gasteiger partial charge in [-0.2, -0.15) is 4.72 Å². The van der Waals surface area contributed by atoms with Crippen LogP contribution in [0.25, 0.3) is 5.52 Å². The van der Waals surface area contributed by atoms with Crippen molar-refractivity contribution in [3.8, 4) is 0 Å². The van der Waals surface area contributed by atoms with Gasteiger partial charge in [0.05, 0.1) is 11.4 Å². The van der Waals surface area contributed by atoms with Crippen LogP contribution in [0.3, 0.4) is 0 Å². The number of aromatic nitrogens is 1. The Morgan fingerprint density at radius 1 is 1.09 bits per heavy atom. The highest BCUT2D eigenvalue weighted by molar-refractivity contribution is 7.89. The zero-order valence-corrected chi connectivity index (χ0v) is 18.6. The molecule has 3 rings (SSSR count). The second-order valence-corrected chi connectivity index (χ2v) is 8.97. The van der Waals surface area contributed by atoms with E-state index in [1.54, 1.807) is 24.4 Å². The van der Waals surface area contributed by atoms with E-state index in [9.17, 15) is 27.9 Å². The minimum absolute atomic E-state index is 0.00883. The highest BCUT2D eigenvalue weighted by Gasteiger charge is 2.26. The monoisotopic (exact) mass is 487 g/mol. The molecule has 12 nitrogen and oxygen atoms in total. The normalized spacial score (nSPS) is 12.1. The second-order valence-electron chi connectivity index (χ2n) is 7.26. The van der Waals surface area contributed by atoms with E-state index in [4.69, 9.17) is 11.5 Å². The summed E-state index contributed by atoms with van der Waals surface area (Å²) in [5.74, 6) is -2.18. The van der Waals surface area contributed by atoms with Crippen molar-refractivity contribution in [2.24, 2.45) is 11.5 Å². The van der Waals surface area contributed by atoms with Crippen LogP contribution in [0.4, 0.5) is 0 Å². The molecule has 0 saturated carbocycles. The van der Waals surface area contributed by atoms with Crippen molar-refractivity contribution >= 4 is 33.4 Å². The molecular weight excluding hydrogens is 464 g/mol. The SMILES string of the molecule is NC(N)=[NH+]Cc1ccc2cc(C(=O)NC[C@H](NS(=O)(=O)c3ccccc3)C(=O)O)cc(=O)n2c1. The molecule has 2 aromatic heterocycles. The molecule has 0 spiro atoms. The molecule has 0 aliphatic rings. The first kappa shape index (κ1) is 24.4. The quantitative estimate of drug-likeness (QED) is 0.138. The Labute approximate surface area is 194 Å². The number of amides is 1. The van der Waals surface area contributed by atoms with Crippen LogP contribution >= 0.6 is 0 Å². The third-order valence-electron chi connectivity index (χ3n) is 4.74. The number of rotatable bonds is 9. The zero-order chi connectivity index (χ0) is 24.9. The number of carboxylic acid groups (broad SMARTS) is 1. The van der Waals surface area contributed by atoms with Crippen LogP contribution in [-0.4, -0.2) is 48.3 Å². The number of carboxylic acids is 1. The second kappa shape index (κ2) is 10.1. The lowest BCUT2D eigenvalue weighted by atomic mass is 10.2. The number of aliphatic carboxylic acids is 1. The van der Waals surface area contributed by atoms with Crippen molar-refractivity contribution in [1.29, 1.82) is 0 Å². The largest absolute Gasteiger partial charge is 0.480 e. The van der Waals surface area contributed by atoms with Gasteiger partial charge in [0.2, 0.25) is 10.0 Å². The van der Waals surface area contributed by atoms with Gasteiger partial charge >= 0.3 is 11.9 Å². The minimum atomic E-state index is -4.12. The lowest BCUT2D eigenvalue weighted by molar-refractivity contribution is -0.477. The Balaban J connectivity index is 1.75. The fraction of sp³-hybridized carbons (Fsp3) is 0.143.